The third kappa shape index (κ3) is 3.01. The fourth-order valence-electron chi connectivity index (χ4n) is 4.33. The Hall–Kier alpha value is -2.68. The van der Waals surface area contributed by atoms with Crippen molar-refractivity contribution in [1.29, 1.82) is 0 Å². The Bertz CT molecular complexity index is 953. The highest BCUT2D eigenvalue weighted by molar-refractivity contribution is 6.07. The molecule has 0 saturated heterocycles. The molecule has 2 aromatic carbocycles. The van der Waals surface area contributed by atoms with Crippen LogP contribution in [0.4, 0.5) is 5.69 Å². The first kappa shape index (κ1) is 17.7. The number of carbonyl (C=O) groups excluding carboxylic acids is 2. The van der Waals surface area contributed by atoms with Gasteiger partial charge in [0.05, 0.1) is 5.69 Å². The van der Waals surface area contributed by atoms with Crippen LogP contribution in [-0.4, -0.2) is 11.7 Å². The van der Waals surface area contributed by atoms with Gasteiger partial charge in [-0.1, -0.05) is 42.0 Å². The molecule has 0 spiro atoms. The van der Waals surface area contributed by atoms with Crippen LogP contribution in [0.2, 0.25) is 0 Å². The maximum atomic E-state index is 13.3. The second-order valence-corrected chi connectivity index (χ2v) is 7.75. The van der Waals surface area contributed by atoms with Crippen LogP contribution in [0.15, 0.2) is 53.7 Å². The Morgan fingerprint density at radius 1 is 0.926 bits per heavy atom. The van der Waals surface area contributed by atoms with Crippen LogP contribution in [0.5, 0.6) is 0 Å². The molecule has 1 amide bonds. The quantitative estimate of drug-likeness (QED) is 0.744. The Morgan fingerprint density at radius 3 is 2.41 bits per heavy atom. The van der Waals surface area contributed by atoms with Gasteiger partial charge in [0, 0.05) is 30.0 Å². The van der Waals surface area contributed by atoms with Crippen molar-refractivity contribution in [1.82, 2.24) is 0 Å². The first-order valence-corrected chi connectivity index (χ1v) is 9.69. The lowest BCUT2D eigenvalue weighted by atomic mass is 9.77. The zero-order valence-electron chi connectivity index (χ0n) is 16.2. The fraction of sp³-hybridized carbons (Fsp3) is 0.333. The summed E-state index contributed by atoms with van der Waals surface area (Å²) >= 11 is 0. The van der Waals surface area contributed by atoms with Gasteiger partial charge in [-0.15, -0.1) is 0 Å². The largest absolute Gasteiger partial charge is 0.294 e. The van der Waals surface area contributed by atoms with Crippen molar-refractivity contribution in [2.24, 2.45) is 0 Å². The Labute approximate surface area is 160 Å². The number of benzene rings is 2. The van der Waals surface area contributed by atoms with Crippen molar-refractivity contribution in [2.75, 3.05) is 4.90 Å². The summed E-state index contributed by atoms with van der Waals surface area (Å²) in [4.78, 5) is 28.0. The summed E-state index contributed by atoms with van der Waals surface area (Å²) in [5, 5.41) is 0. The van der Waals surface area contributed by atoms with E-state index in [1.165, 1.54) is 5.56 Å². The summed E-state index contributed by atoms with van der Waals surface area (Å²) in [5.74, 6) is 0.162. The first-order valence-electron chi connectivity index (χ1n) is 9.69. The number of amides is 1. The number of hydrogen-bond acceptors (Lipinski definition) is 2. The molecule has 27 heavy (non-hydrogen) atoms. The summed E-state index contributed by atoms with van der Waals surface area (Å²) < 4.78 is 0. The molecule has 0 aromatic heterocycles. The van der Waals surface area contributed by atoms with Crippen LogP contribution in [-0.2, 0) is 9.59 Å². The van der Waals surface area contributed by atoms with Crippen LogP contribution in [0.1, 0.15) is 53.9 Å². The second-order valence-electron chi connectivity index (χ2n) is 7.75. The van der Waals surface area contributed by atoms with E-state index in [0.29, 0.717) is 12.8 Å². The number of ketones is 1. The predicted molar refractivity (Wildman–Crippen MR) is 108 cm³/mol. The highest BCUT2D eigenvalue weighted by atomic mass is 16.2. The molecule has 0 fully saturated rings. The summed E-state index contributed by atoms with van der Waals surface area (Å²) in [7, 11) is 0. The summed E-state index contributed by atoms with van der Waals surface area (Å²) in [6.45, 7) is 6.16. The highest BCUT2D eigenvalue weighted by Crippen LogP contribution is 2.44. The van der Waals surface area contributed by atoms with Crippen LogP contribution >= 0.6 is 0 Å². The van der Waals surface area contributed by atoms with Gasteiger partial charge in [-0.3, -0.25) is 14.5 Å². The van der Waals surface area contributed by atoms with Crippen molar-refractivity contribution in [2.45, 2.75) is 52.4 Å². The third-order valence-electron chi connectivity index (χ3n) is 5.97. The monoisotopic (exact) mass is 359 g/mol. The van der Waals surface area contributed by atoms with Gasteiger partial charge < -0.3 is 0 Å². The van der Waals surface area contributed by atoms with Crippen molar-refractivity contribution in [3.8, 4) is 0 Å². The van der Waals surface area contributed by atoms with Crippen molar-refractivity contribution in [3.63, 3.8) is 0 Å². The molecule has 1 aliphatic heterocycles. The van der Waals surface area contributed by atoms with E-state index in [2.05, 4.69) is 51.1 Å². The van der Waals surface area contributed by atoms with Gasteiger partial charge in [-0.05, 0) is 56.4 Å². The number of nitrogens with zero attached hydrogens (tertiary/aromatic N) is 1. The maximum Gasteiger partial charge on any atom is 0.232 e. The van der Waals surface area contributed by atoms with Gasteiger partial charge in [0.25, 0.3) is 0 Å². The molecule has 0 N–H and O–H groups in total. The Morgan fingerprint density at radius 2 is 1.67 bits per heavy atom. The van der Waals surface area contributed by atoms with E-state index < -0.39 is 0 Å². The van der Waals surface area contributed by atoms with Crippen molar-refractivity contribution in [3.05, 3.63) is 76.0 Å². The molecule has 1 aliphatic carbocycles. The van der Waals surface area contributed by atoms with E-state index in [0.717, 1.165) is 46.5 Å². The van der Waals surface area contributed by atoms with E-state index in [4.69, 9.17) is 0 Å². The van der Waals surface area contributed by atoms with E-state index in [-0.39, 0.29) is 17.6 Å². The Kier molecular flexibility index (Phi) is 4.47. The predicted octanol–water partition coefficient (Wildman–Crippen LogP) is 5.14. The van der Waals surface area contributed by atoms with Crippen molar-refractivity contribution < 1.29 is 9.59 Å². The zero-order chi connectivity index (χ0) is 19.1. The summed E-state index contributed by atoms with van der Waals surface area (Å²) in [5.41, 5.74) is 7.20. The molecule has 138 valence electrons. The highest BCUT2D eigenvalue weighted by Gasteiger charge is 2.40. The summed E-state index contributed by atoms with van der Waals surface area (Å²) in [6, 6.07) is 14.3. The van der Waals surface area contributed by atoms with Crippen LogP contribution in [0, 0.1) is 20.8 Å². The molecule has 3 nitrogen and oxygen atoms in total. The van der Waals surface area contributed by atoms with E-state index >= 15 is 0 Å². The lowest BCUT2D eigenvalue weighted by molar-refractivity contribution is -0.119. The fourth-order valence-corrected chi connectivity index (χ4v) is 4.33. The first-order chi connectivity index (χ1) is 13.0. The van der Waals surface area contributed by atoms with E-state index in [9.17, 15) is 9.59 Å². The van der Waals surface area contributed by atoms with Gasteiger partial charge in [-0.2, -0.15) is 0 Å². The zero-order valence-corrected chi connectivity index (χ0v) is 16.2. The molecule has 4 rings (SSSR count). The van der Waals surface area contributed by atoms with Gasteiger partial charge in [0.15, 0.2) is 5.78 Å². The van der Waals surface area contributed by atoms with Gasteiger partial charge in [-0.25, -0.2) is 0 Å². The number of anilines is 1. The lowest BCUT2D eigenvalue weighted by Crippen LogP contribution is -2.41. The number of allylic oxidation sites excluding steroid dienone is 2. The van der Waals surface area contributed by atoms with Gasteiger partial charge in [0.1, 0.15) is 0 Å². The minimum absolute atomic E-state index is 0.0859. The minimum atomic E-state index is -0.123. The normalized spacial score (nSPS) is 20.1. The standard InChI is InChI=1S/C24H25NO2/c1-15-10-12-18(13-11-15)19-14-23(27)25(20-7-4-6-16(2)17(20)3)21-8-5-9-22(26)24(19)21/h4,6-7,10-13,19H,5,8-9,14H2,1-3H3. The summed E-state index contributed by atoms with van der Waals surface area (Å²) in [6.07, 6.45) is 2.52. The van der Waals surface area contributed by atoms with Crippen LogP contribution in [0.25, 0.3) is 0 Å². The number of hydrogen-bond donors (Lipinski definition) is 0. The van der Waals surface area contributed by atoms with Crippen LogP contribution in [0.3, 0.4) is 0 Å². The van der Waals surface area contributed by atoms with Gasteiger partial charge >= 0.3 is 0 Å². The number of rotatable bonds is 2. The molecule has 2 aromatic rings. The number of carbonyl (C=O) groups is 2. The molecular formula is C24H25NO2. The molecule has 3 heteroatoms. The number of Topliss-reactive ketones (excluding diaryl/α,β-unsaturated/α-hetero) is 1. The molecule has 0 bridgehead atoms. The molecule has 0 radical (unpaired) electrons. The smallest absolute Gasteiger partial charge is 0.232 e. The SMILES string of the molecule is Cc1ccc(C2CC(=O)N(c3cccc(C)c3C)C3=C2C(=O)CCC3)cc1. The van der Waals surface area contributed by atoms with Crippen molar-refractivity contribution >= 4 is 17.4 Å². The van der Waals surface area contributed by atoms with Crippen LogP contribution < -0.4 is 4.90 Å². The number of aryl methyl sites for hydroxylation is 2. The van der Waals surface area contributed by atoms with Gasteiger partial charge in [0.2, 0.25) is 5.91 Å². The minimum Gasteiger partial charge on any atom is -0.294 e. The molecular weight excluding hydrogens is 334 g/mol. The lowest BCUT2D eigenvalue weighted by Gasteiger charge is -2.39. The molecule has 0 saturated carbocycles. The third-order valence-corrected chi connectivity index (χ3v) is 5.97. The average Bonchev–Trinajstić information content (AvgIpc) is 2.65. The van der Waals surface area contributed by atoms with E-state index in [1.807, 2.05) is 17.0 Å². The maximum absolute atomic E-state index is 13.3. The second kappa shape index (κ2) is 6.80. The molecule has 2 aliphatic rings. The molecule has 1 heterocycles. The molecule has 1 unspecified atom stereocenters. The van der Waals surface area contributed by atoms with E-state index in [1.54, 1.807) is 0 Å². The Balaban J connectivity index is 1.88. The molecule has 1 atom stereocenters. The average molecular weight is 359 g/mol. The topological polar surface area (TPSA) is 37.4 Å².